The highest BCUT2D eigenvalue weighted by atomic mass is 16.1. The average molecular weight is 256 g/mol. The molecule has 0 N–H and O–H groups in total. The molecule has 0 radical (unpaired) electrons. The van der Waals surface area contributed by atoms with Gasteiger partial charge in [-0.05, 0) is 49.7 Å². The molecule has 1 aromatic rings. The number of carbonyl (C=O) groups is 1. The van der Waals surface area contributed by atoms with Gasteiger partial charge in [0.2, 0.25) is 0 Å². The summed E-state index contributed by atoms with van der Waals surface area (Å²) < 4.78 is 0. The summed E-state index contributed by atoms with van der Waals surface area (Å²) in [7, 11) is 0. The summed E-state index contributed by atoms with van der Waals surface area (Å²) in [5.41, 5.74) is 3.05. The van der Waals surface area contributed by atoms with E-state index >= 15 is 0 Å². The lowest BCUT2D eigenvalue weighted by molar-refractivity contribution is 0.0958. The van der Waals surface area contributed by atoms with Crippen molar-refractivity contribution in [2.45, 2.75) is 32.1 Å². The molecule has 0 unspecified atom stereocenters. The Morgan fingerprint density at radius 3 is 2.89 bits per heavy atom. The van der Waals surface area contributed by atoms with Crippen molar-refractivity contribution >= 4 is 17.7 Å². The Labute approximate surface area is 114 Å². The second-order valence-electron chi connectivity index (χ2n) is 5.43. The second-order valence-corrected chi connectivity index (χ2v) is 5.43. The quantitative estimate of drug-likeness (QED) is 0.776. The van der Waals surface area contributed by atoms with E-state index in [1.54, 1.807) is 0 Å². The van der Waals surface area contributed by atoms with E-state index in [-0.39, 0.29) is 5.78 Å². The molecule has 0 atom stereocenters. The third kappa shape index (κ3) is 2.92. The maximum atomic E-state index is 12.2. The van der Waals surface area contributed by atoms with Crippen LogP contribution in [0, 0.1) is 0 Å². The molecule has 3 rings (SSSR count). The van der Waals surface area contributed by atoms with Crippen molar-refractivity contribution in [3.8, 4) is 0 Å². The van der Waals surface area contributed by atoms with E-state index < -0.39 is 0 Å². The number of hydrogen-bond donors (Lipinski definition) is 0. The van der Waals surface area contributed by atoms with Crippen LogP contribution in [-0.4, -0.2) is 36.5 Å². The molecular weight excluding hydrogens is 236 g/mol. The van der Waals surface area contributed by atoms with Gasteiger partial charge >= 0.3 is 0 Å². The Bertz CT molecular complexity index is 501. The summed E-state index contributed by atoms with van der Waals surface area (Å²) in [6.45, 7) is 3.23. The van der Waals surface area contributed by atoms with Gasteiger partial charge in [0.25, 0.3) is 0 Å². The van der Waals surface area contributed by atoms with E-state index in [0.29, 0.717) is 6.42 Å². The standard InChI is InChI=1S/C16H20N2O/c19-16(7-11-18-9-2-1-3-10-18)14-4-5-15-13(12-14)6-8-17-15/h4-5,8,12H,1-3,6-7,9-11H2. The van der Waals surface area contributed by atoms with E-state index in [9.17, 15) is 4.79 Å². The highest BCUT2D eigenvalue weighted by molar-refractivity contribution is 5.97. The number of aliphatic imine (C=N–C) groups is 1. The first-order valence-electron chi connectivity index (χ1n) is 7.24. The second kappa shape index (κ2) is 5.66. The summed E-state index contributed by atoms with van der Waals surface area (Å²) in [6.07, 6.45) is 7.32. The van der Waals surface area contributed by atoms with Crippen LogP contribution in [-0.2, 0) is 6.42 Å². The Kier molecular flexibility index (Phi) is 3.74. The van der Waals surface area contributed by atoms with E-state index in [4.69, 9.17) is 0 Å². The lowest BCUT2D eigenvalue weighted by Gasteiger charge is -2.25. The third-order valence-corrected chi connectivity index (χ3v) is 4.05. The summed E-state index contributed by atoms with van der Waals surface area (Å²) in [5, 5.41) is 0. The molecule has 1 aromatic carbocycles. The monoisotopic (exact) mass is 256 g/mol. The van der Waals surface area contributed by atoms with Crippen LogP contribution in [0.4, 0.5) is 5.69 Å². The number of benzene rings is 1. The Balaban J connectivity index is 1.58. The molecule has 3 heteroatoms. The molecule has 2 aliphatic heterocycles. The van der Waals surface area contributed by atoms with Crippen molar-refractivity contribution in [1.82, 2.24) is 4.90 Å². The summed E-state index contributed by atoms with van der Waals surface area (Å²) >= 11 is 0. The topological polar surface area (TPSA) is 32.7 Å². The predicted molar refractivity (Wildman–Crippen MR) is 77.5 cm³/mol. The fourth-order valence-corrected chi connectivity index (χ4v) is 2.88. The molecule has 0 spiro atoms. The molecule has 1 saturated heterocycles. The van der Waals surface area contributed by atoms with Gasteiger partial charge in [0.1, 0.15) is 0 Å². The largest absolute Gasteiger partial charge is 0.303 e. The number of rotatable bonds is 4. The smallest absolute Gasteiger partial charge is 0.164 e. The van der Waals surface area contributed by atoms with Crippen molar-refractivity contribution in [2.24, 2.45) is 4.99 Å². The lowest BCUT2D eigenvalue weighted by atomic mass is 10.0. The maximum absolute atomic E-state index is 12.2. The molecule has 2 heterocycles. The van der Waals surface area contributed by atoms with E-state index in [0.717, 1.165) is 37.3 Å². The fourth-order valence-electron chi connectivity index (χ4n) is 2.88. The van der Waals surface area contributed by atoms with Gasteiger partial charge < -0.3 is 4.90 Å². The molecule has 0 aromatic heterocycles. The number of fused-ring (bicyclic) bond motifs is 1. The fraction of sp³-hybridized carbons (Fsp3) is 0.500. The predicted octanol–water partition coefficient (Wildman–Crippen LogP) is 3.00. The number of carbonyl (C=O) groups excluding carboxylic acids is 1. The van der Waals surface area contributed by atoms with Crippen LogP contribution in [0.3, 0.4) is 0 Å². The SMILES string of the molecule is O=C(CCN1CCCCC1)c1ccc2c(c1)CC=N2. The van der Waals surface area contributed by atoms with Crippen LogP contribution in [0.15, 0.2) is 23.2 Å². The molecule has 0 amide bonds. The van der Waals surface area contributed by atoms with Crippen molar-refractivity contribution in [2.75, 3.05) is 19.6 Å². The minimum absolute atomic E-state index is 0.264. The zero-order valence-electron chi connectivity index (χ0n) is 11.3. The Morgan fingerprint density at radius 2 is 2.05 bits per heavy atom. The minimum atomic E-state index is 0.264. The van der Waals surface area contributed by atoms with Crippen molar-refractivity contribution in [3.63, 3.8) is 0 Å². The molecule has 2 aliphatic rings. The molecule has 3 nitrogen and oxygen atoms in total. The Hall–Kier alpha value is -1.48. The highest BCUT2D eigenvalue weighted by Crippen LogP contribution is 2.25. The number of hydrogen-bond acceptors (Lipinski definition) is 3. The number of Topliss-reactive ketones (excluding diaryl/α,β-unsaturated/α-hetero) is 1. The van der Waals surface area contributed by atoms with Crippen molar-refractivity contribution in [3.05, 3.63) is 29.3 Å². The van der Waals surface area contributed by atoms with Crippen LogP contribution in [0.5, 0.6) is 0 Å². The van der Waals surface area contributed by atoms with E-state index in [1.807, 2.05) is 24.4 Å². The van der Waals surface area contributed by atoms with Gasteiger partial charge in [-0.2, -0.15) is 0 Å². The molecular formula is C16H20N2O. The zero-order valence-corrected chi connectivity index (χ0v) is 11.3. The van der Waals surface area contributed by atoms with E-state index in [2.05, 4.69) is 9.89 Å². The number of likely N-dealkylation sites (tertiary alicyclic amines) is 1. The summed E-state index contributed by atoms with van der Waals surface area (Å²) in [6, 6.07) is 5.90. The third-order valence-electron chi connectivity index (χ3n) is 4.05. The molecule has 0 saturated carbocycles. The first kappa shape index (κ1) is 12.5. The van der Waals surface area contributed by atoms with Crippen LogP contribution in [0.25, 0.3) is 0 Å². The molecule has 19 heavy (non-hydrogen) atoms. The minimum Gasteiger partial charge on any atom is -0.303 e. The van der Waals surface area contributed by atoms with Gasteiger partial charge in [-0.15, -0.1) is 0 Å². The molecule has 100 valence electrons. The summed E-state index contributed by atoms with van der Waals surface area (Å²) in [4.78, 5) is 18.9. The normalized spacial score (nSPS) is 18.5. The van der Waals surface area contributed by atoms with Crippen LogP contribution in [0.1, 0.15) is 41.6 Å². The van der Waals surface area contributed by atoms with Gasteiger partial charge in [-0.25, -0.2) is 0 Å². The maximum Gasteiger partial charge on any atom is 0.164 e. The summed E-state index contributed by atoms with van der Waals surface area (Å²) in [5.74, 6) is 0.264. The zero-order chi connectivity index (χ0) is 13.1. The van der Waals surface area contributed by atoms with Gasteiger partial charge in [0.15, 0.2) is 5.78 Å². The number of piperidine rings is 1. The van der Waals surface area contributed by atoms with Gasteiger partial charge in [-0.3, -0.25) is 9.79 Å². The number of ketones is 1. The van der Waals surface area contributed by atoms with E-state index in [1.165, 1.54) is 24.8 Å². The van der Waals surface area contributed by atoms with Crippen LogP contribution >= 0.6 is 0 Å². The van der Waals surface area contributed by atoms with Gasteiger partial charge in [-0.1, -0.05) is 6.42 Å². The highest BCUT2D eigenvalue weighted by Gasteiger charge is 2.14. The average Bonchev–Trinajstić information content (AvgIpc) is 2.93. The lowest BCUT2D eigenvalue weighted by Crippen LogP contribution is -2.31. The van der Waals surface area contributed by atoms with Gasteiger partial charge in [0.05, 0.1) is 5.69 Å². The molecule has 0 aliphatic carbocycles. The Morgan fingerprint density at radius 1 is 1.21 bits per heavy atom. The molecule has 1 fully saturated rings. The van der Waals surface area contributed by atoms with Crippen molar-refractivity contribution in [1.29, 1.82) is 0 Å². The number of nitrogens with zero attached hydrogens (tertiary/aromatic N) is 2. The van der Waals surface area contributed by atoms with Crippen LogP contribution < -0.4 is 0 Å². The van der Waals surface area contributed by atoms with Crippen LogP contribution in [0.2, 0.25) is 0 Å². The van der Waals surface area contributed by atoms with Gasteiger partial charge in [0, 0.05) is 31.2 Å². The molecule has 0 bridgehead atoms. The first-order chi connectivity index (χ1) is 9.33. The van der Waals surface area contributed by atoms with Crippen molar-refractivity contribution < 1.29 is 4.79 Å². The first-order valence-corrected chi connectivity index (χ1v) is 7.24.